The zero-order valence-electron chi connectivity index (χ0n) is 43.4. The van der Waals surface area contributed by atoms with Crippen molar-refractivity contribution in [3.63, 3.8) is 0 Å². The molecule has 14 aromatic rings. The van der Waals surface area contributed by atoms with Crippen molar-refractivity contribution in [2.45, 2.75) is 0 Å². The number of nitrogens with zero attached hydrogens (tertiary/aromatic N) is 6. The summed E-state index contributed by atoms with van der Waals surface area (Å²) < 4.78 is 4.70. The van der Waals surface area contributed by atoms with Crippen molar-refractivity contribution in [2.24, 2.45) is 0 Å². The molecular formula is C74H48N6. The summed E-state index contributed by atoms with van der Waals surface area (Å²) in [6.07, 6.45) is 0. The molecule has 374 valence electrons. The molecule has 0 amide bonds. The van der Waals surface area contributed by atoms with Gasteiger partial charge in [0.2, 0.25) is 0 Å². The largest absolute Gasteiger partial charge is 0.310 e. The van der Waals surface area contributed by atoms with Crippen LogP contribution in [-0.4, -0.2) is 9.13 Å². The summed E-state index contributed by atoms with van der Waals surface area (Å²) in [6.45, 7) is 7.45. The fraction of sp³-hybridized carbons (Fsp3) is 0. The lowest BCUT2D eigenvalue weighted by Crippen LogP contribution is -2.10. The Bertz CT molecular complexity index is 4360. The summed E-state index contributed by atoms with van der Waals surface area (Å²) in [5, 5.41) is 14.2. The zero-order chi connectivity index (χ0) is 53.5. The van der Waals surface area contributed by atoms with Crippen LogP contribution < -0.4 is 9.80 Å². The van der Waals surface area contributed by atoms with Crippen LogP contribution in [0, 0.1) is 17.9 Å². The molecule has 0 fully saturated rings. The highest BCUT2D eigenvalue weighted by atomic mass is 15.1. The summed E-state index contributed by atoms with van der Waals surface area (Å²) in [7, 11) is 0. The molecule has 0 saturated heterocycles. The van der Waals surface area contributed by atoms with Gasteiger partial charge in [-0.15, -0.1) is 0 Å². The van der Waals surface area contributed by atoms with Crippen molar-refractivity contribution >= 4 is 83.4 Å². The van der Waals surface area contributed by atoms with Gasteiger partial charge in [-0.1, -0.05) is 158 Å². The molecule has 80 heavy (non-hydrogen) atoms. The Labute approximate surface area is 464 Å². The first-order valence-corrected chi connectivity index (χ1v) is 26.7. The molecule has 0 atom stereocenters. The highest BCUT2D eigenvalue weighted by molar-refractivity contribution is 6.12. The minimum atomic E-state index is 0.628. The summed E-state index contributed by atoms with van der Waals surface area (Å²) in [6, 6.07) is 105. The average molecular weight is 1020 g/mol. The van der Waals surface area contributed by atoms with Gasteiger partial charge < -0.3 is 18.9 Å². The molecule has 12 aromatic carbocycles. The van der Waals surface area contributed by atoms with Gasteiger partial charge in [0.15, 0.2) is 5.69 Å². The minimum absolute atomic E-state index is 0.628. The van der Waals surface area contributed by atoms with Crippen molar-refractivity contribution < 1.29 is 0 Å². The van der Waals surface area contributed by atoms with E-state index in [1.165, 1.54) is 21.5 Å². The number of fused-ring (bicyclic) bond motifs is 6. The third-order valence-electron chi connectivity index (χ3n) is 15.4. The zero-order valence-corrected chi connectivity index (χ0v) is 43.4. The van der Waals surface area contributed by atoms with E-state index < -0.39 is 0 Å². The molecule has 0 aliphatic rings. The molecule has 0 aliphatic carbocycles. The highest BCUT2D eigenvalue weighted by Gasteiger charge is 2.21. The average Bonchev–Trinajstić information content (AvgIpc) is 4.28. The Balaban J connectivity index is 0.840. The molecule has 2 heterocycles. The van der Waals surface area contributed by atoms with E-state index >= 15 is 0 Å². The number of rotatable bonds is 11. The fourth-order valence-electron chi connectivity index (χ4n) is 11.5. The number of aromatic nitrogens is 2. The Kier molecular flexibility index (Phi) is 11.9. The molecule has 2 aromatic heterocycles. The number of benzene rings is 12. The van der Waals surface area contributed by atoms with Crippen LogP contribution in [0.5, 0.6) is 0 Å². The van der Waals surface area contributed by atoms with Gasteiger partial charge in [-0.2, -0.15) is 5.26 Å². The molecule has 0 saturated carbocycles. The molecule has 6 nitrogen and oxygen atoms in total. The number of para-hydroxylation sites is 4. The third-order valence-corrected chi connectivity index (χ3v) is 15.4. The first-order chi connectivity index (χ1) is 39.6. The normalized spacial score (nSPS) is 11.2. The second-order valence-electron chi connectivity index (χ2n) is 20.0. The molecule has 0 radical (unpaired) electrons. The van der Waals surface area contributed by atoms with Gasteiger partial charge in [-0.05, 0) is 167 Å². The van der Waals surface area contributed by atoms with Crippen molar-refractivity contribution in [1.29, 1.82) is 5.26 Å². The predicted octanol–water partition coefficient (Wildman–Crippen LogP) is 20.2. The molecule has 0 spiro atoms. The van der Waals surface area contributed by atoms with Gasteiger partial charge in [-0.3, -0.25) is 0 Å². The van der Waals surface area contributed by atoms with Crippen LogP contribution in [0.4, 0.5) is 39.8 Å². The standard InChI is InChI=1S/C74H48N6/c1-76-58-34-24-53(25-35-58)55-28-38-62(39-29-55)78(66-45-47-74-70(49-66)68-17-9-11-19-72(68)80(74)60-14-6-3-7-15-60)64-42-32-57(33-43-64)56-30-40-63(41-31-56)77(61-36-26-54(27-37-61)52-22-20-51(50-75)21-23-52)65-44-46-73-69(48-65)67-16-8-10-18-71(67)79(73)59-12-4-2-5-13-59/h2-49H. The van der Waals surface area contributed by atoms with Crippen LogP contribution >= 0.6 is 0 Å². The fourth-order valence-corrected chi connectivity index (χ4v) is 11.5. The molecular weight excluding hydrogens is 973 g/mol. The van der Waals surface area contributed by atoms with E-state index in [0.717, 1.165) is 101 Å². The van der Waals surface area contributed by atoms with Gasteiger partial charge in [0, 0.05) is 67.0 Å². The van der Waals surface area contributed by atoms with Crippen LogP contribution in [0.1, 0.15) is 5.56 Å². The number of nitriles is 1. The lowest BCUT2D eigenvalue weighted by molar-refractivity contribution is 1.18. The van der Waals surface area contributed by atoms with Crippen LogP contribution in [-0.2, 0) is 0 Å². The van der Waals surface area contributed by atoms with E-state index in [1.54, 1.807) is 0 Å². The lowest BCUT2D eigenvalue weighted by Gasteiger charge is -2.27. The topological polar surface area (TPSA) is 44.5 Å². The van der Waals surface area contributed by atoms with E-state index in [2.05, 4.69) is 273 Å². The molecule has 0 N–H and O–H groups in total. The maximum Gasteiger partial charge on any atom is 0.187 e. The van der Waals surface area contributed by atoms with Crippen molar-refractivity contribution in [2.75, 3.05) is 9.80 Å². The van der Waals surface area contributed by atoms with Crippen molar-refractivity contribution in [1.82, 2.24) is 9.13 Å². The quantitative estimate of drug-likeness (QED) is 0.121. The molecule has 0 unspecified atom stereocenters. The predicted molar refractivity (Wildman–Crippen MR) is 332 cm³/mol. The summed E-state index contributed by atoms with van der Waals surface area (Å²) in [5.41, 5.74) is 20.8. The summed E-state index contributed by atoms with van der Waals surface area (Å²) in [4.78, 5) is 8.27. The smallest absolute Gasteiger partial charge is 0.187 e. The minimum Gasteiger partial charge on any atom is -0.310 e. The lowest BCUT2D eigenvalue weighted by atomic mass is 10.0. The van der Waals surface area contributed by atoms with Gasteiger partial charge in [0.25, 0.3) is 0 Å². The second kappa shape index (κ2) is 20.1. The van der Waals surface area contributed by atoms with Gasteiger partial charge in [-0.25, -0.2) is 4.85 Å². The third kappa shape index (κ3) is 8.47. The van der Waals surface area contributed by atoms with Gasteiger partial charge >= 0.3 is 0 Å². The van der Waals surface area contributed by atoms with Crippen LogP contribution in [0.3, 0.4) is 0 Å². The first-order valence-electron chi connectivity index (χ1n) is 26.7. The number of hydrogen-bond acceptors (Lipinski definition) is 3. The maximum absolute atomic E-state index is 9.45. The second-order valence-corrected chi connectivity index (χ2v) is 20.0. The monoisotopic (exact) mass is 1020 g/mol. The van der Waals surface area contributed by atoms with Gasteiger partial charge in [0.05, 0.1) is 40.3 Å². The molecule has 0 aliphatic heterocycles. The van der Waals surface area contributed by atoms with Crippen LogP contribution in [0.15, 0.2) is 291 Å². The van der Waals surface area contributed by atoms with E-state index in [-0.39, 0.29) is 0 Å². The van der Waals surface area contributed by atoms with E-state index in [4.69, 9.17) is 6.57 Å². The van der Waals surface area contributed by atoms with Crippen LogP contribution in [0.25, 0.3) is 93.2 Å². The Morgan fingerprint density at radius 2 is 0.600 bits per heavy atom. The first kappa shape index (κ1) is 47.3. The summed E-state index contributed by atoms with van der Waals surface area (Å²) in [5.74, 6) is 0. The highest BCUT2D eigenvalue weighted by Crippen LogP contribution is 2.44. The molecule has 0 bridgehead atoms. The Morgan fingerprint density at radius 3 is 0.950 bits per heavy atom. The molecule has 14 rings (SSSR count). The number of hydrogen-bond donors (Lipinski definition) is 0. The summed E-state index contributed by atoms with van der Waals surface area (Å²) >= 11 is 0. The van der Waals surface area contributed by atoms with Crippen molar-refractivity contribution in [3.05, 3.63) is 308 Å². The van der Waals surface area contributed by atoms with E-state index in [0.29, 0.717) is 11.3 Å². The van der Waals surface area contributed by atoms with Gasteiger partial charge in [0.1, 0.15) is 0 Å². The Morgan fingerprint density at radius 1 is 0.300 bits per heavy atom. The Hall–Kier alpha value is -11.2. The maximum atomic E-state index is 9.45. The van der Waals surface area contributed by atoms with E-state index in [1.807, 2.05) is 48.5 Å². The SMILES string of the molecule is [C-]#[N+]c1ccc(-c2ccc(N(c3ccc(-c4ccc(N(c5ccc(-c6ccc(C#N)cc6)cc5)c5ccc6c(c5)c5ccccc5n6-c5ccccc5)cc4)cc3)c3ccc4c(c3)c3ccccc3n4-c3ccccc3)cc2)cc1. The van der Waals surface area contributed by atoms with E-state index in [9.17, 15) is 5.26 Å². The molecule has 6 heteroatoms. The number of anilines is 6. The van der Waals surface area contributed by atoms with Crippen molar-refractivity contribution in [3.8, 4) is 50.8 Å². The van der Waals surface area contributed by atoms with Crippen LogP contribution in [0.2, 0.25) is 0 Å².